The molecule has 1 heterocycles. The molecule has 0 bridgehead atoms. The fourth-order valence-corrected chi connectivity index (χ4v) is 2.97. The van der Waals surface area contributed by atoms with E-state index in [0.29, 0.717) is 6.54 Å². The number of rotatable bonds is 6. The first-order valence-electron chi connectivity index (χ1n) is 8.42. The first kappa shape index (κ1) is 18.5. The van der Waals surface area contributed by atoms with Gasteiger partial charge in [0.2, 0.25) is 0 Å². The van der Waals surface area contributed by atoms with E-state index in [1.807, 2.05) is 18.2 Å². The van der Waals surface area contributed by atoms with E-state index in [9.17, 15) is 0 Å². The molecular formula is C18H30N4O2. The number of methoxy groups -OCH3 is 1. The molecule has 0 aromatic heterocycles. The summed E-state index contributed by atoms with van der Waals surface area (Å²) >= 11 is 0. The number of hydrogen-bond donors (Lipinski definition) is 2. The number of nitrogens with zero attached hydrogens (tertiary/aromatic N) is 2. The summed E-state index contributed by atoms with van der Waals surface area (Å²) in [5, 5.41) is 6.84. The van der Waals surface area contributed by atoms with Gasteiger partial charge in [-0.1, -0.05) is 12.1 Å². The topological polar surface area (TPSA) is 58.1 Å². The number of guanidine groups is 1. The summed E-state index contributed by atoms with van der Waals surface area (Å²) in [6, 6.07) is 8.04. The van der Waals surface area contributed by atoms with E-state index in [0.717, 1.165) is 49.9 Å². The van der Waals surface area contributed by atoms with Crippen LogP contribution in [0, 0.1) is 0 Å². The van der Waals surface area contributed by atoms with Crippen molar-refractivity contribution < 1.29 is 9.47 Å². The first-order chi connectivity index (χ1) is 11.6. The number of hydrogen-bond acceptors (Lipinski definition) is 4. The summed E-state index contributed by atoms with van der Waals surface area (Å²) in [5.74, 6) is 1.68. The molecule has 0 amide bonds. The van der Waals surface area contributed by atoms with E-state index in [1.165, 1.54) is 0 Å². The molecule has 24 heavy (non-hydrogen) atoms. The lowest BCUT2D eigenvalue weighted by Crippen LogP contribution is -2.57. The van der Waals surface area contributed by atoms with Crippen LogP contribution in [0.15, 0.2) is 29.3 Å². The third-order valence-corrected chi connectivity index (χ3v) is 4.77. The molecular weight excluding hydrogens is 304 g/mol. The van der Waals surface area contributed by atoms with Crippen molar-refractivity contribution in [1.82, 2.24) is 15.5 Å². The number of nitrogens with one attached hydrogen (secondary N) is 2. The minimum Gasteiger partial charge on any atom is -0.497 e. The monoisotopic (exact) mass is 334 g/mol. The van der Waals surface area contributed by atoms with Crippen LogP contribution in [0.5, 0.6) is 5.75 Å². The molecule has 1 aromatic rings. The Morgan fingerprint density at radius 3 is 2.67 bits per heavy atom. The van der Waals surface area contributed by atoms with Crippen LogP contribution < -0.4 is 15.4 Å². The lowest BCUT2D eigenvalue weighted by Gasteiger charge is -2.43. The van der Waals surface area contributed by atoms with Crippen molar-refractivity contribution in [3.8, 4) is 5.75 Å². The van der Waals surface area contributed by atoms with Crippen LogP contribution in [0.1, 0.15) is 18.4 Å². The van der Waals surface area contributed by atoms with E-state index in [1.54, 1.807) is 14.2 Å². The standard InChI is InChI=1S/C18H30N4O2/c1-19-17(20-13-15-6-5-7-16(12-15)23-4)21-14-18(22(2)3)8-10-24-11-9-18/h5-7,12H,8-11,13-14H2,1-4H3,(H2,19,20,21). The average molecular weight is 334 g/mol. The van der Waals surface area contributed by atoms with Crippen molar-refractivity contribution >= 4 is 5.96 Å². The highest BCUT2D eigenvalue weighted by Crippen LogP contribution is 2.25. The number of benzene rings is 1. The number of likely N-dealkylation sites (N-methyl/N-ethyl adjacent to an activating group) is 1. The molecule has 0 atom stereocenters. The normalized spacial score (nSPS) is 17.6. The van der Waals surface area contributed by atoms with Gasteiger partial charge < -0.3 is 25.0 Å². The molecule has 6 nitrogen and oxygen atoms in total. The summed E-state index contributed by atoms with van der Waals surface area (Å²) in [7, 11) is 7.76. The highest BCUT2D eigenvalue weighted by Gasteiger charge is 2.34. The fraction of sp³-hybridized carbons (Fsp3) is 0.611. The molecule has 0 aliphatic carbocycles. The minimum atomic E-state index is 0.117. The highest BCUT2D eigenvalue weighted by molar-refractivity contribution is 5.79. The van der Waals surface area contributed by atoms with Crippen molar-refractivity contribution in [2.45, 2.75) is 24.9 Å². The molecule has 0 unspecified atom stereocenters. The Balaban J connectivity index is 1.89. The molecule has 1 aliphatic heterocycles. The smallest absolute Gasteiger partial charge is 0.191 e. The minimum absolute atomic E-state index is 0.117. The van der Waals surface area contributed by atoms with E-state index in [2.05, 4.69) is 40.7 Å². The maximum atomic E-state index is 5.52. The van der Waals surface area contributed by atoms with Crippen molar-refractivity contribution in [3.05, 3.63) is 29.8 Å². The maximum absolute atomic E-state index is 5.52. The molecule has 1 fully saturated rings. The Bertz CT molecular complexity index is 540. The summed E-state index contributed by atoms with van der Waals surface area (Å²) in [6.45, 7) is 3.18. The zero-order chi connectivity index (χ0) is 17.4. The second-order valence-corrected chi connectivity index (χ2v) is 6.36. The molecule has 2 rings (SSSR count). The number of ether oxygens (including phenoxy) is 2. The predicted octanol–water partition coefficient (Wildman–Crippen LogP) is 1.47. The van der Waals surface area contributed by atoms with Gasteiger partial charge in [-0.15, -0.1) is 0 Å². The Morgan fingerprint density at radius 1 is 1.29 bits per heavy atom. The lowest BCUT2D eigenvalue weighted by molar-refractivity contribution is -0.00501. The van der Waals surface area contributed by atoms with Gasteiger partial charge in [-0.2, -0.15) is 0 Å². The van der Waals surface area contributed by atoms with Gasteiger partial charge in [0.05, 0.1) is 7.11 Å². The van der Waals surface area contributed by atoms with Gasteiger partial charge in [-0.05, 0) is 44.6 Å². The zero-order valence-electron chi connectivity index (χ0n) is 15.3. The van der Waals surface area contributed by atoms with E-state index < -0.39 is 0 Å². The number of aliphatic imine (C=N–C) groups is 1. The summed E-state index contributed by atoms with van der Waals surface area (Å²) in [5.41, 5.74) is 1.27. The predicted molar refractivity (Wildman–Crippen MR) is 97.7 cm³/mol. The average Bonchev–Trinajstić information content (AvgIpc) is 2.62. The summed E-state index contributed by atoms with van der Waals surface area (Å²) in [4.78, 5) is 6.64. The van der Waals surface area contributed by atoms with Crippen LogP contribution >= 0.6 is 0 Å². The molecule has 0 spiro atoms. The van der Waals surface area contributed by atoms with E-state index >= 15 is 0 Å². The molecule has 0 radical (unpaired) electrons. The van der Waals surface area contributed by atoms with Crippen LogP contribution in [-0.2, 0) is 11.3 Å². The van der Waals surface area contributed by atoms with E-state index in [4.69, 9.17) is 9.47 Å². The van der Waals surface area contributed by atoms with Crippen molar-refractivity contribution in [2.75, 3.05) is 48.0 Å². The Morgan fingerprint density at radius 2 is 2.04 bits per heavy atom. The second-order valence-electron chi connectivity index (χ2n) is 6.36. The van der Waals surface area contributed by atoms with Crippen LogP contribution in [0.2, 0.25) is 0 Å². The fourth-order valence-electron chi connectivity index (χ4n) is 2.97. The van der Waals surface area contributed by atoms with Gasteiger partial charge >= 0.3 is 0 Å². The van der Waals surface area contributed by atoms with Crippen molar-refractivity contribution in [1.29, 1.82) is 0 Å². The van der Waals surface area contributed by atoms with Crippen molar-refractivity contribution in [3.63, 3.8) is 0 Å². The van der Waals surface area contributed by atoms with Crippen LogP contribution in [0.4, 0.5) is 0 Å². The highest BCUT2D eigenvalue weighted by atomic mass is 16.5. The maximum Gasteiger partial charge on any atom is 0.191 e. The summed E-state index contributed by atoms with van der Waals surface area (Å²) < 4.78 is 10.8. The van der Waals surface area contributed by atoms with Gasteiger partial charge in [-0.3, -0.25) is 4.99 Å². The molecule has 1 aromatic carbocycles. The van der Waals surface area contributed by atoms with Crippen LogP contribution in [0.25, 0.3) is 0 Å². The van der Waals surface area contributed by atoms with Gasteiger partial charge in [0.1, 0.15) is 5.75 Å². The zero-order valence-corrected chi connectivity index (χ0v) is 15.3. The molecule has 134 valence electrons. The largest absolute Gasteiger partial charge is 0.497 e. The third kappa shape index (κ3) is 4.85. The van der Waals surface area contributed by atoms with Crippen LogP contribution in [0.3, 0.4) is 0 Å². The summed E-state index contributed by atoms with van der Waals surface area (Å²) in [6.07, 6.45) is 2.06. The lowest BCUT2D eigenvalue weighted by atomic mass is 9.88. The van der Waals surface area contributed by atoms with Gasteiger partial charge in [0.25, 0.3) is 0 Å². The molecule has 6 heteroatoms. The van der Waals surface area contributed by atoms with Crippen molar-refractivity contribution in [2.24, 2.45) is 4.99 Å². The van der Waals surface area contributed by atoms with Gasteiger partial charge in [0, 0.05) is 38.9 Å². The molecule has 1 aliphatic rings. The van der Waals surface area contributed by atoms with Gasteiger partial charge in [-0.25, -0.2) is 0 Å². The Labute approximate surface area is 145 Å². The quantitative estimate of drug-likeness (QED) is 0.609. The van der Waals surface area contributed by atoms with Gasteiger partial charge in [0.15, 0.2) is 5.96 Å². The first-order valence-corrected chi connectivity index (χ1v) is 8.42. The van der Waals surface area contributed by atoms with Crippen LogP contribution in [-0.4, -0.2) is 64.4 Å². The molecule has 1 saturated heterocycles. The third-order valence-electron chi connectivity index (χ3n) is 4.77. The molecule has 0 saturated carbocycles. The second kappa shape index (κ2) is 8.89. The van der Waals surface area contributed by atoms with E-state index in [-0.39, 0.29) is 5.54 Å². The SMILES string of the molecule is CN=C(NCc1cccc(OC)c1)NCC1(N(C)C)CCOCC1. The molecule has 2 N–H and O–H groups in total. The Kier molecular flexibility index (Phi) is 6.87. The Hall–Kier alpha value is -1.79.